The first-order chi connectivity index (χ1) is 15.8. The van der Waals surface area contributed by atoms with E-state index in [0.29, 0.717) is 18.5 Å². The highest BCUT2D eigenvalue weighted by Gasteiger charge is 2.48. The van der Waals surface area contributed by atoms with E-state index in [9.17, 15) is 10.2 Å². The number of rotatable bonds is 13. The van der Waals surface area contributed by atoms with E-state index in [1.807, 2.05) is 6.08 Å². The molecule has 1 aliphatic heterocycles. The van der Waals surface area contributed by atoms with Gasteiger partial charge in [0.05, 0.1) is 12.2 Å². The summed E-state index contributed by atoms with van der Waals surface area (Å²) < 4.78 is 6.44. The lowest BCUT2D eigenvalue weighted by molar-refractivity contribution is 0.135. The Morgan fingerprint density at radius 2 is 1.85 bits per heavy atom. The predicted octanol–water partition coefficient (Wildman–Crippen LogP) is 5.85. The fourth-order valence-corrected chi connectivity index (χ4v) is 5.84. The Bertz CT molecular complexity index is 751. The fourth-order valence-electron chi connectivity index (χ4n) is 5.84. The van der Waals surface area contributed by atoms with Gasteiger partial charge >= 0.3 is 0 Å². The number of aryl methyl sites for hydroxylation is 1. The van der Waals surface area contributed by atoms with Crippen molar-refractivity contribution in [2.24, 2.45) is 5.92 Å². The second-order valence-corrected chi connectivity index (χ2v) is 10.7. The maximum atomic E-state index is 10.7. The van der Waals surface area contributed by atoms with E-state index in [1.165, 1.54) is 17.5 Å². The van der Waals surface area contributed by atoms with E-state index in [1.54, 1.807) is 0 Å². The summed E-state index contributed by atoms with van der Waals surface area (Å²) in [6.07, 6.45) is 11.4. The Hall–Kier alpha value is -1.36. The normalized spacial score (nSPS) is 25.3. The average molecular weight is 458 g/mol. The summed E-state index contributed by atoms with van der Waals surface area (Å²) >= 11 is 0. The first-order valence-corrected chi connectivity index (χ1v) is 13.4. The third kappa shape index (κ3) is 6.61. The second kappa shape index (κ2) is 12.4. The molecule has 0 unspecified atom stereocenters. The van der Waals surface area contributed by atoms with Crippen molar-refractivity contribution >= 4 is 0 Å². The van der Waals surface area contributed by atoms with Crippen molar-refractivity contribution in [3.8, 4) is 5.75 Å². The number of nitrogens with zero attached hydrogens (tertiary/aromatic N) is 1. The minimum absolute atomic E-state index is 0.0120. The number of ether oxygens (including phenoxy) is 1. The van der Waals surface area contributed by atoms with Crippen LogP contribution < -0.4 is 4.74 Å². The minimum Gasteiger partial charge on any atom is -0.489 e. The van der Waals surface area contributed by atoms with Gasteiger partial charge in [-0.05, 0) is 65.5 Å². The van der Waals surface area contributed by atoms with E-state index >= 15 is 0 Å². The van der Waals surface area contributed by atoms with Crippen LogP contribution in [0, 0.1) is 5.92 Å². The Balaban J connectivity index is 1.62. The molecule has 2 aliphatic rings. The molecule has 0 aromatic heterocycles. The maximum absolute atomic E-state index is 10.7. The van der Waals surface area contributed by atoms with Crippen molar-refractivity contribution in [1.82, 2.24) is 4.90 Å². The first-order valence-electron chi connectivity index (χ1n) is 13.4. The highest BCUT2D eigenvalue weighted by Crippen LogP contribution is 2.52. The molecule has 0 bridgehead atoms. The summed E-state index contributed by atoms with van der Waals surface area (Å²) in [4.78, 5) is 2.56. The van der Waals surface area contributed by atoms with Gasteiger partial charge in [-0.2, -0.15) is 0 Å². The summed E-state index contributed by atoms with van der Waals surface area (Å²) in [6.45, 7) is 12.4. The SMILES string of the molecule is CCCCC[C@H](O)C=C[C@@H]1[C@H]2c3cccc(CCCCN(C(C)C)C(C)C)c3O[C@H]2C[C@H]1O. The number of aliphatic hydroxyl groups is 2. The van der Waals surface area contributed by atoms with Crippen LogP contribution in [0.25, 0.3) is 0 Å². The van der Waals surface area contributed by atoms with E-state index < -0.39 is 12.2 Å². The third-order valence-corrected chi connectivity index (χ3v) is 7.59. The zero-order valence-electron chi connectivity index (χ0n) is 21.5. The van der Waals surface area contributed by atoms with Crippen LogP contribution in [0.5, 0.6) is 5.75 Å². The number of hydrogen-bond donors (Lipinski definition) is 2. The average Bonchev–Trinajstić information content (AvgIpc) is 3.26. The molecular formula is C29H47NO3. The molecule has 2 N–H and O–H groups in total. The smallest absolute Gasteiger partial charge is 0.126 e. The Morgan fingerprint density at radius 3 is 2.55 bits per heavy atom. The highest BCUT2D eigenvalue weighted by molar-refractivity contribution is 5.49. The van der Waals surface area contributed by atoms with Gasteiger partial charge in [0.2, 0.25) is 0 Å². The first kappa shape index (κ1) is 26.2. The van der Waals surface area contributed by atoms with Crippen molar-refractivity contribution in [2.45, 2.75) is 122 Å². The monoisotopic (exact) mass is 457 g/mol. The van der Waals surface area contributed by atoms with E-state index in [2.05, 4.69) is 63.8 Å². The molecule has 186 valence electrons. The van der Waals surface area contributed by atoms with E-state index in [4.69, 9.17) is 4.74 Å². The minimum atomic E-state index is -0.424. The summed E-state index contributed by atoms with van der Waals surface area (Å²) in [5.74, 6) is 1.26. The third-order valence-electron chi connectivity index (χ3n) is 7.59. The Kier molecular flexibility index (Phi) is 9.84. The van der Waals surface area contributed by atoms with Crippen molar-refractivity contribution in [2.75, 3.05) is 6.54 Å². The summed E-state index contributed by atoms with van der Waals surface area (Å²) in [6, 6.07) is 7.70. The zero-order chi connectivity index (χ0) is 24.0. The van der Waals surface area contributed by atoms with Crippen molar-refractivity contribution < 1.29 is 14.9 Å². The quantitative estimate of drug-likeness (QED) is 0.288. The van der Waals surface area contributed by atoms with Crippen LogP contribution in [-0.4, -0.2) is 52.1 Å². The fraction of sp³-hybridized carbons (Fsp3) is 0.724. The number of hydrogen-bond acceptors (Lipinski definition) is 4. The molecule has 4 heteroatoms. The van der Waals surface area contributed by atoms with Gasteiger partial charge in [0.1, 0.15) is 11.9 Å². The molecule has 1 fully saturated rings. The molecule has 1 heterocycles. The van der Waals surface area contributed by atoms with Crippen LogP contribution in [0.4, 0.5) is 0 Å². The van der Waals surface area contributed by atoms with Crippen LogP contribution in [-0.2, 0) is 6.42 Å². The lowest BCUT2D eigenvalue weighted by Crippen LogP contribution is -2.37. The Morgan fingerprint density at radius 1 is 1.09 bits per heavy atom. The lowest BCUT2D eigenvalue weighted by Gasteiger charge is -2.30. The molecule has 0 amide bonds. The number of para-hydroxylation sites is 1. The van der Waals surface area contributed by atoms with Crippen molar-refractivity contribution in [3.63, 3.8) is 0 Å². The van der Waals surface area contributed by atoms with Crippen LogP contribution in [0.1, 0.15) is 96.6 Å². The molecule has 1 aromatic carbocycles. The number of unbranched alkanes of at least 4 members (excludes halogenated alkanes) is 3. The zero-order valence-corrected chi connectivity index (χ0v) is 21.5. The highest BCUT2D eigenvalue weighted by atomic mass is 16.5. The summed E-state index contributed by atoms with van der Waals surface area (Å²) in [5, 5.41) is 21.0. The van der Waals surface area contributed by atoms with Gasteiger partial charge in [-0.25, -0.2) is 0 Å². The van der Waals surface area contributed by atoms with Crippen molar-refractivity contribution in [1.29, 1.82) is 0 Å². The van der Waals surface area contributed by atoms with Crippen LogP contribution in [0.15, 0.2) is 30.4 Å². The van der Waals surface area contributed by atoms with Gasteiger partial charge in [-0.15, -0.1) is 0 Å². The topological polar surface area (TPSA) is 52.9 Å². The number of benzene rings is 1. The molecule has 5 atom stereocenters. The van der Waals surface area contributed by atoms with Crippen LogP contribution in [0.2, 0.25) is 0 Å². The van der Waals surface area contributed by atoms with Gasteiger partial charge < -0.3 is 14.9 Å². The summed E-state index contributed by atoms with van der Waals surface area (Å²) in [7, 11) is 0. The molecule has 0 saturated heterocycles. The van der Waals surface area contributed by atoms with Gasteiger partial charge in [0.15, 0.2) is 0 Å². The molecule has 0 radical (unpaired) electrons. The standard InChI is InChI=1S/C29H47NO3/c1-6-7-8-14-23(31)16-17-24-26(32)19-27-28(24)25-15-11-13-22(29(25)33-27)12-9-10-18-30(20(2)3)21(4)5/h11,13,15-17,20-21,23-24,26-28,31-32H,6-10,12,14,18-19H2,1-5H3/t23-,24-,26+,27-,28-/m0/s1. The van der Waals surface area contributed by atoms with E-state index in [0.717, 1.165) is 50.8 Å². The molecule has 1 saturated carbocycles. The van der Waals surface area contributed by atoms with Crippen LogP contribution in [0.3, 0.4) is 0 Å². The molecule has 1 aliphatic carbocycles. The molecular weight excluding hydrogens is 410 g/mol. The predicted molar refractivity (Wildman–Crippen MR) is 137 cm³/mol. The lowest BCUT2D eigenvalue weighted by atomic mass is 9.86. The van der Waals surface area contributed by atoms with Gasteiger partial charge in [-0.3, -0.25) is 4.90 Å². The second-order valence-electron chi connectivity index (χ2n) is 10.7. The molecule has 1 aromatic rings. The van der Waals surface area contributed by atoms with Gasteiger partial charge in [0.25, 0.3) is 0 Å². The van der Waals surface area contributed by atoms with E-state index in [-0.39, 0.29) is 17.9 Å². The Labute approximate surface area is 202 Å². The molecule has 3 rings (SSSR count). The molecule has 0 spiro atoms. The number of aliphatic hydroxyl groups excluding tert-OH is 2. The molecule has 4 nitrogen and oxygen atoms in total. The molecule has 33 heavy (non-hydrogen) atoms. The van der Waals surface area contributed by atoms with Gasteiger partial charge in [-0.1, -0.05) is 56.5 Å². The van der Waals surface area contributed by atoms with Gasteiger partial charge in [0, 0.05) is 35.9 Å². The maximum Gasteiger partial charge on any atom is 0.126 e. The largest absolute Gasteiger partial charge is 0.489 e. The van der Waals surface area contributed by atoms with Crippen LogP contribution >= 0.6 is 0 Å². The number of fused-ring (bicyclic) bond motifs is 3. The summed E-state index contributed by atoms with van der Waals surface area (Å²) in [5.41, 5.74) is 2.55. The van der Waals surface area contributed by atoms with Crippen molar-refractivity contribution in [3.05, 3.63) is 41.5 Å².